The molecule has 1 unspecified atom stereocenters. The van der Waals surface area contributed by atoms with Crippen LogP contribution in [0.15, 0.2) is 24.3 Å². The standard InChI is InChI=1S/C19H28N4O2S2/c1-14(2)13-27(24,25)22-9-10-23(16(4)12-22)19-20-18(21-26-19)11-17-7-5-15(3)6-8-17/h5-8,14,16H,9-13H2,1-4H3. The van der Waals surface area contributed by atoms with Crippen LogP contribution in [0.3, 0.4) is 0 Å². The highest BCUT2D eigenvalue weighted by Gasteiger charge is 2.32. The molecular weight excluding hydrogens is 380 g/mol. The van der Waals surface area contributed by atoms with E-state index >= 15 is 0 Å². The van der Waals surface area contributed by atoms with Crippen LogP contribution in [-0.4, -0.2) is 53.5 Å². The molecule has 1 aromatic heterocycles. The van der Waals surface area contributed by atoms with Crippen molar-refractivity contribution in [1.82, 2.24) is 13.7 Å². The Morgan fingerprint density at radius 3 is 2.56 bits per heavy atom. The lowest BCUT2D eigenvalue weighted by Crippen LogP contribution is -2.54. The number of hydrogen-bond acceptors (Lipinski definition) is 6. The summed E-state index contributed by atoms with van der Waals surface area (Å²) in [5.41, 5.74) is 2.44. The van der Waals surface area contributed by atoms with Gasteiger partial charge in [-0.2, -0.15) is 8.68 Å². The van der Waals surface area contributed by atoms with E-state index < -0.39 is 10.0 Å². The molecular formula is C19H28N4O2S2. The second kappa shape index (κ2) is 8.24. The van der Waals surface area contributed by atoms with Crippen LogP contribution in [0.25, 0.3) is 0 Å². The van der Waals surface area contributed by atoms with Crippen LogP contribution in [0.2, 0.25) is 0 Å². The number of rotatable bonds is 6. The van der Waals surface area contributed by atoms with E-state index in [2.05, 4.69) is 47.4 Å². The van der Waals surface area contributed by atoms with Gasteiger partial charge in [-0.1, -0.05) is 43.7 Å². The van der Waals surface area contributed by atoms with Crippen molar-refractivity contribution in [2.75, 3.05) is 30.3 Å². The maximum absolute atomic E-state index is 12.5. The molecule has 0 amide bonds. The van der Waals surface area contributed by atoms with Gasteiger partial charge in [-0.15, -0.1) is 0 Å². The Kier molecular flexibility index (Phi) is 6.18. The third-order valence-corrected chi connectivity index (χ3v) is 7.71. The lowest BCUT2D eigenvalue weighted by Gasteiger charge is -2.39. The summed E-state index contributed by atoms with van der Waals surface area (Å²) in [6.45, 7) is 9.66. The third kappa shape index (κ3) is 5.06. The Labute approximate surface area is 166 Å². The molecule has 2 heterocycles. The van der Waals surface area contributed by atoms with Gasteiger partial charge in [-0.05, 0) is 25.3 Å². The molecule has 0 aliphatic carbocycles. The Balaban J connectivity index is 1.65. The van der Waals surface area contributed by atoms with Gasteiger partial charge in [0.15, 0.2) is 0 Å². The van der Waals surface area contributed by atoms with Crippen LogP contribution in [0.4, 0.5) is 5.13 Å². The minimum Gasteiger partial charge on any atom is -0.342 e. The van der Waals surface area contributed by atoms with E-state index in [1.54, 1.807) is 4.31 Å². The first-order chi connectivity index (χ1) is 12.7. The monoisotopic (exact) mass is 408 g/mol. The van der Waals surface area contributed by atoms with Crippen LogP contribution in [0.1, 0.15) is 37.7 Å². The van der Waals surface area contributed by atoms with Gasteiger partial charge in [-0.3, -0.25) is 0 Å². The first-order valence-corrected chi connectivity index (χ1v) is 11.8. The Hall–Kier alpha value is -1.51. The highest BCUT2D eigenvalue weighted by Crippen LogP contribution is 2.25. The lowest BCUT2D eigenvalue weighted by molar-refractivity contribution is 0.340. The zero-order valence-electron chi connectivity index (χ0n) is 16.4. The molecule has 2 aromatic rings. The first-order valence-electron chi connectivity index (χ1n) is 9.37. The van der Waals surface area contributed by atoms with Gasteiger partial charge < -0.3 is 4.90 Å². The van der Waals surface area contributed by atoms with Gasteiger partial charge in [0, 0.05) is 43.6 Å². The molecule has 1 saturated heterocycles. The van der Waals surface area contributed by atoms with Crippen molar-refractivity contribution in [3.8, 4) is 0 Å². The number of benzene rings is 1. The summed E-state index contributed by atoms with van der Waals surface area (Å²) in [5, 5.41) is 0.880. The topological polar surface area (TPSA) is 66.4 Å². The summed E-state index contributed by atoms with van der Waals surface area (Å²) in [6, 6.07) is 8.50. The highest BCUT2D eigenvalue weighted by molar-refractivity contribution is 7.89. The fourth-order valence-corrected chi connectivity index (χ4v) is 5.98. The minimum absolute atomic E-state index is 0.0841. The van der Waals surface area contributed by atoms with E-state index in [9.17, 15) is 8.42 Å². The molecule has 8 heteroatoms. The highest BCUT2D eigenvalue weighted by atomic mass is 32.2. The number of nitrogens with zero attached hydrogens (tertiary/aromatic N) is 4. The van der Waals surface area contributed by atoms with E-state index in [0.29, 0.717) is 26.1 Å². The maximum Gasteiger partial charge on any atom is 0.214 e. The lowest BCUT2D eigenvalue weighted by atomic mass is 10.1. The quantitative estimate of drug-likeness (QED) is 0.735. The Morgan fingerprint density at radius 1 is 1.22 bits per heavy atom. The van der Waals surface area contributed by atoms with Crippen molar-refractivity contribution in [2.45, 2.75) is 40.2 Å². The fraction of sp³-hybridized carbons (Fsp3) is 0.579. The summed E-state index contributed by atoms with van der Waals surface area (Å²) in [5.74, 6) is 1.16. The number of aromatic nitrogens is 2. The molecule has 27 heavy (non-hydrogen) atoms. The number of aryl methyl sites for hydroxylation is 1. The van der Waals surface area contributed by atoms with E-state index in [4.69, 9.17) is 4.98 Å². The zero-order valence-corrected chi connectivity index (χ0v) is 18.1. The molecule has 6 nitrogen and oxygen atoms in total. The summed E-state index contributed by atoms with van der Waals surface area (Å²) >= 11 is 1.40. The van der Waals surface area contributed by atoms with E-state index in [0.717, 1.165) is 11.0 Å². The van der Waals surface area contributed by atoms with E-state index in [1.807, 2.05) is 13.8 Å². The van der Waals surface area contributed by atoms with Gasteiger partial charge >= 0.3 is 0 Å². The molecule has 1 fully saturated rings. The van der Waals surface area contributed by atoms with Crippen LogP contribution in [0, 0.1) is 12.8 Å². The van der Waals surface area contributed by atoms with Gasteiger partial charge in [0.05, 0.1) is 5.75 Å². The predicted molar refractivity (Wildman–Crippen MR) is 111 cm³/mol. The molecule has 0 N–H and O–H groups in total. The number of sulfonamides is 1. The zero-order chi connectivity index (χ0) is 19.6. The summed E-state index contributed by atoms with van der Waals surface area (Å²) in [6.07, 6.45) is 0.716. The number of piperazine rings is 1. The van der Waals surface area contributed by atoms with Crippen molar-refractivity contribution in [2.24, 2.45) is 5.92 Å². The maximum atomic E-state index is 12.5. The number of anilines is 1. The van der Waals surface area contributed by atoms with E-state index in [1.165, 1.54) is 22.7 Å². The average Bonchev–Trinajstić information content (AvgIpc) is 3.04. The summed E-state index contributed by atoms with van der Waals surface area (Å²) in [4.78, 5) is 6.88. The summed E-state index contributed by atoms with van der Waals surface area (Å²) < 4.78 is 31.1. The van der Waals surface area contributed by atoms with Gasteiger partial charge in [0.2, 0.25) is 15.2 Å². The van der Waals surface area contributed by atoms with Gasteiger partial charge in [0.25, 0.3) is 0 Å². The Bertz CT molecular complexity index is 862. The number of hydrogen-bond donors (Lipinski definition) is 0. The van der Waals surface area contributed by atoms with Crippen LogP contribution in [0.5, 0.6) is 0 Å². The van der Waals surface area contributed by atoms with E-state index in [-0.39, 0.29) is 17.7 Å². The van der Waals surface area contributed by atoms with Crippen molar-refractivity contribution < 1.29 is 8.42 Å². The molecule has 1 atom stereocenters. The molecule has 0 spiro atoms. The normalized spacial score (nSPS) is 19.0. The minimum atomic E-state index is -3.19. The molecule has 0 saturated carbocycles. The Morgan fingerprint density at radius 2 is 1.93 bits per heavy atom. The van der Waals surface area contributed by atoms with Crippen molar-refractivity contribution >= 4 is 26.7 Å². The average molecular weight is 409 g/mol. The predicted octanol–water partition coefficient (Wildman–Crippen LogP) is 2.93. The molecule has 1 aliphatic heterocycles. The van der Waals surface area contributed by atoms with Crippen LogP contribution < -0.4 is 4.90 Å². The van der Waals surface area contributed by atoms with Crippen molar-refractivity contribution in [1.29, 1.82) is 0 Å². The van der Waals surface area contributed by atoms with Crippen LogP contribution >= 0.6 is 11.5 Å². The smallest absolute Gasteiger partial charge is 0.214 e. The summed E-state index contributed by atoms with van der Waals surface area (Å²) in [7, 11) is -3.19. The molecule has 1 aromatic carbocycles. The van der Waals surface area contributed by atoms with Gasteiger partial charge in [0.1, 0.15) is 5.82 Å². The molecule has 0 bridgehead atoms. The van der Waals surface area contributed by atoms with Gasteiger partial charge in [-0.25, -0.2) is 13.4 Å². The molecule has 3 rings (SSSR count). The fourth-order valence-electron chi connectivity index (χ4n) is 3.31. The second-order valence-corrected chi connectivity index (χ2v) is 10.5. The van der Waals surface area contributed by atoms with Crippen molar-refractivity contribution in [3.63, 3.8) is 0 Å². The largest absolute Gasteiger partial charge is 0.342 e. The first kappa shape index (κ1) is 20.2. The molecule has 0 radical (unpaired) electrons. The molecule has 1 aliphatic rings. The third-order valence-electron chi connectivity index (χ3n) is 4.71. The molecule has 148 valence electrons. The second-order valence-electron chi connectivity index (χ2n) is 7.73. The van der Waals surface area contributed by atoms with Crippen LogP contribution in [-0.2, 0) is 16.4 Å². The van der Waals surface area contributed by atoms with Crippen molar-refractivity contribution in [3.05, 3.63) is 41.2 Å². The SMILES string of the molecule is Cc1ccc(Cc2nsc(N3CCN(S(=O)(=O)CC(C)C)CC3C)n2)cc1.